The summed E-state index contributed by atoms with van der Waals surface area (Å²) < 4.78 is 227. The molecule has 50 heavy (non-hydrogen) atoms. The molecule has 10 rings (SSSR count). The van der Waals surface area contributed by atoms with Gasteiger partial charge >= 0.3 is 0 Å². The van der Waals surface area contributed by atoms with E-state index in [0.717, 1.165) is 0 Å². The van der Waals surface area contributed by atoms with Gasteiger partial charge in [0, 0.05) is 0 Å². The van der Waals surface area contributed by atoms with E-state index in [1.807, 2.05) is 0 Å². The van der Waals surface area contributed by atoms with Gasteiger partial charge in [0.2, 0.25) is 0 Å². The summed E-state index contributed by atoms with van der Waals surface area (Å²) in [6.45, 7) is 0. The summed E-state index contributed by atoms with van der Waals surface area (Å²) in [5.74, 6) is 0. The minimum Gasteiger partial charge on any atom is -0.0616 e. The molecule has 0 fully saturated rings. The zero-order chi connectivity index (χ0) is 54.8. The molecule has 10 aromatic rings. The van der Waals surface area contributed by atoms with Gasteiger partial charge in [-0.15, -0.1) is 0 Å². The Hall–Kier alpha value is -6.50. The third-order valence-electron chi connectivity index (χ3n) is 8.43. The molecule has 0 saturated heterocycles. The van der Waals surface area contributed by atoms with Crippen LogP contribution >= 0.6 is 0 Å². The molecule has 0 nitrogen and oxygen atoms in total. The zero-order valence-corrected chi connectivity index (χ0v) is 25.5. The van der Waals surface area contributed by atoms with Crippen molar-refractivity contribution in [1.29, 1.82) is 0 Å². The highest BCUT2D eigenvalue weighted by molar-refractivity contribution is 6.24. The number of benzene rings is 10. The van der Waals surface area contributed by atoms with Gasteiger partial charge in [0.05, 0.1) is 34.3 Å². The topological polar surface area (TPSA) is 0 Å². The monoisotopic (exact) mass is 657 g/mol. The first-order chi connectivity index (χ1) is 35.2. The summed E-state index contributed by atoms with van der Waals surface area (Å²) >= 11 is 0. The van der Waals surface area contributed by atoms with Crippen LogP contribution in [0, 0.1) is 0 Å². The van der Waals surface area contributed by atoms with Gasteiger partial charge in [-0.05, 0) is 116 Å². The lowest BCUT2D eigenvalue weighted by Crippen LogP contribution is -1.92. The van der Waals surface area contributed by atoms with Gasteiger partial charge in [-0.2, -0.15) is 0 Å². The Bertz CT molecular complexity index is 4320. The number of fused-ring (bicyclic) bond motifs is 5. The molecule has 0 aliphatic rings. The normalized spacial score (nSPS) is 18.6. The fourth-order valence-electron chi connectivity index (χ4n) is 6.18. The smallest absolute Gasteiger partial charge is 0.0616 e. The van der Waals surface area contributed by atoms with Gasteiger partial charge in [-0.1, -0.05) is 175 Å². The van der Waals surface area contributed by atoms with E-state index in [1.54, 1.807) is 42.5 Å². The summed E-state index contributed by atoms with van der Waals surface area (Å²) in [5, 5.41) is -2.94. The van der Waals surface area contributed by atoms with Crippen molar-refractivity contribution in [2.45, 2.75) is 0 Å². The fourth-order valence-corrected chi connectivity index (χ4v) is 6.18. The molecule has 0 aromatic heterocycles. The van der Waals surface area contributed by atoms with E-state index in [4.69, 9.17) is 17.8 Å². The molecule has 0 bridgehead atoms. The molecular weight excluding hydrogens is 601 g/mol. The molecule has 0 unspecified atom stereocenters. The lowest BCUT2D eigenvalue weighted by atomic mass is 9.83. The van der Waals surface area contributed by atoms with Gasteiger partial charge in [-0.3, -0.25) is 0 Å². The third kappa shape index (κ3) is 4.69. The van der Waals surface area contributed by atoms with Crippen LogP contribution in [0.25, 0.3) is 98.4 Å². The van der Waals surface area contributed by atoms with E-state index >= 15 is 0 Å². The molecule has 0 spiro atoms. The molecule has 0 heteroatoms. The largest absolute Gasteiger partial charge is 0.0636 e. The van der Waals surface area contributed by atoms with E-state index in [-0.39, 0.29) is 16.5 Å². The SMILES string of the molecule is [2H]c1c([2H])c(-c2c3c([2H])c([2H])c([2H])c([2H])c3c(-c3cccc4ccccc34)c3c([2H])c(-c4c([2H])c([2H])c5c([2H])c([2H])c([2H])c([2H])c5c4[2H])c([2H])c([2H])c23)c([2H])c([2H])c1-c1c([2H])c([2H])c2c([2H])c([2H])c([2H])c([2H])c2c1[2H]. The first-order valence-electron chi connectivity index (χ1n) is 27.8. The predicted octanol–water partition coefficient (Wildman–Crippen LogP) is 14.1. The van der Waals surface area contributed by atoms with Crippen LogP contribution in [0.2, 0.25) is 0 Å². The molecule has 0 N–H and O–H groups in total. The Morgan fingerprint density at radius 3 is 1.50 bits per heavy atom. The van der Waals surface area contributed by atoms with Crippen molar-refractivity contribution >= 4 is 53.9 Å². The standard InChI is InChI=1S/C50H32/c1-3-13-38-30-40(26-22-33(38)10-1)35-20-24-37(25-21-35)49-45-17-7-8-18-46(45)50(44-19-9-15-36-12-5-6-16-43(36)44)48-32-42(28-29-47(48)49)41-27-23-34-11-2-4-14-39(34)31-41/h1-32H/i1D,2D,3D,4D,7D,8D,10D,11D,13D,14D,17D,18D,20D,21D,22D,23D,24D,25D,26D,27D,28D,29D,30D,31D,32D. The summed E-state index contributed by atoms with van der Waals surface area (Å²) in [6, 6.07) is -9.40. The van der Waals surface area contributed by atoms with Crippen LogP contribution in [0.5, 0.6) is 0 Å². The molecule has 0 amide bonds. The van der Waals surface area contributed by atoms with Crippen LogP contribution in [0.3, 0.4) is 0 Å². The van der Waals surface area contributed by atoms with E-state index in [1.165, 1.54) is 0 Å². The van der Waals surface area contributed by atoms with Crippen LogP contribution in [0.15, 0.2) is 194 Å². The highest BCUT2D eigenvalue weighted by atomic mass is 14.2. The first kappa shape index (κ1) is 13.1. The number of hydrogen-bond donors (Lipinski definition) is 0. The average Bonchev–Trinajstić information content (AvgIpc) is 3.39. The summed E-state index contributed by atoms with van der Waals surface area (Å²) in [4.78, 5) is 0. The Labute approximate surface area is 326 Å². The van der Waals surface area contributed by atoms with Crippen LogP contribution in [0.4, 0.5) is 0 Å². The fraction of sp³-hybridized carbons (Fsp3) is 0. The molecule has 0 radical (unpaired) electrons. The average molecular weight is 658 g/mol. The minimum absolute atomic E-state index is 0.174. The van der Waals surface area contributed by atoms with Crippen molar-refractivity contribution in [3.63, 3.8) is 0 Å². The second-order valence-corrected chi connectivity index (χ2v) is 11.3. The van der Waals surface area contributed by atoms with Gasteiger partial charge in [0.1, 0.15) is 0 Å². The van der Waals surface area contributed by atoms with Gasteiger partial charge in [0.25, 0.3) is 0 Å². The maximum atomic E-state index is 10.2. The van der Waals surface area contributed by atoms with Gasteiger partial charge in [-0.25, -0.2) is 0 Å². The maximum Gasteiger partial charge on any atom is 0.0636 e. The van der Waals surface area contributed by atoms with Crippen molar-refractivity contribution in [2.75, 3.05) is 0 Å². The second-order valence-electron chi connectivity index (χ2n) is 11.3. The van der Waals surface area contributed by atoms with Crippen molar-refractivity contribution in [1.82, 2.24) is 0 Å². The second kappa shape index (κ2) is 11.6. The molecule has 0 aliphatic carbocycles. The van der Waals surface area contributed by atoms with Crippen molar-refractivity contribution in [3.05, 3.63) is 194 Å². The Kier molecular flexibility index (Phi) is 3.03. The Morgan fingerprint density at radius 2 is 0.780 bits per heavy atom. The highest BCUT2D eigenvalue weighted by Crippen LogP contribution is 2.46. The van der Waals surface area contributed by atoms with E-state index in [0.29, 0.717) is 10.8 Å². The van der Waals surface area contributed by atoms with Crippen molar-refractivity contribution < 1.29 is 34.3 Å². The van der Waals surface area contributed by atoms with Gasteiger partial charge < -0.3 is 0 Å². The Balaban J connectivity index is 1.47. The first-order valence-corrected chi connectivity index (χ1v) is 15.3. The summed E-state index contributed by atoms with van der Waals surface area (Å²) in [7, 11) is 0. The van der Waals surface area contributed by atoms with Crippen molar-refractivity contribution in [2.24, 2.45) is 0 Å². The third-order valence-corrected chi connectivity index (χ3v) is 8.43. The molecule has 10 aromatic carbocycles. The molecule has 0 saturated carbocycles. The highest BCUT2D eigenvalue weighted by Gasteiger charge is 2.19. The molecule has 0 aliphatic heterocycles. The maximum absolute atomic E-state index is 10.2. The Morgan fingerprint density at radius 1 is 0.280 bits per heavy atom. The van der Waals surface area contributed by atoms with Crippen LogP contribution in [-0.2, 0) is 0 Å². The quantitative estimate of drug-likeness (QED) is 0.165. The minimum atomic E-state index is -1.01. The van der Waals surface area contributed by atoms with Crippen molar-refractivity contribution in [3.8, 4) is 44.5 Å². The lowest BCUT2D eigenvalue weighted by molar-refractivity contribution is 1.62. The molecular formula is C50H32. The van der Waals surface area contributed by atoms with Crippen LogP contribution < -0.4 is 0 Å². The molecule has 0 atom stereocenters. The number of rotatable bonds is 4. The lowest BCUT2D eigenvalue weighted by Gasteiger charge is -2.20. The van der Waals surface area contributed by atoms with Crippen LogP contribution in [0.1, 0.15) is 34.3 Å². The van der Waals surface area contributed by atoms with E-state index in [2.05, 4.69) is 0 Å². The number of hydrogen-bond acceptors (Lipinski definition) is 0. The summed E-state index contributed by atoms with van der Waals surface area (Å²) in [5.41, 5.74) is -4.21. The summed E-state index contributed by atoms with van der Waals surface area (Å²) in [6.07, 6.45) is 0. The zero-order valence-electron chi connectivity index (χ0n) is 50.5. The van der Waals surface area contributed by atoms with Crippen LogP contribution in [-0.4, -0.2) is 0 Å². The predicted molar refractivity (Wildman–Crippen MR) is 216 cm³/mol. The molecule has 0 heterocycles. The van der Waals surface area contributed by atoms with E-state index in [9.17, 15) is 16.4 Å². The van der Waals surface area contributed by atoms with Gasteiger partial charge in [0.15, 0.2) is 0 Å². The van der Waals surface area contributed by atoms with E-state index < -0.39 is 222 Å². The molecule has 232 valence electrons.